The van der Waals surface area contributed by atoms with Gasteiger partial charge in [-0.2, -0.15) is 0 Å². The number of hydrogen-bond donors (Lipinski definition) is 0. The van der Waals surface area contributed by atoms with Gasteiger partial charge in [0.25, 0.3) is 0 Å². The van der Waals surface area contributed by atoms with E-state index in [1.165, 1.54) is 5.56 Å². The Hall–Kier alpha value is -2.17. The van der Waals surface area contributed by atoms with Gasteiger partial charge in [-0.15, -0.1) is 0 Å². The second-order valence-corrected chi connectivity index (χ2v) is 8.76. The summed E-state index contributed by atoms with van der Waals surface area (Å²) in [7, 11) is 0. The number of amides is 1. The van der Waals surface area contributed by atoms with Crippen molar-refractivity contribution >= 4 is 5.91 Å². The standard InChI is InChI=1S/C26H33NO3/c28-25(19-22-7-3-1-4-8-22)27-15-13-26(14-16-27)20-23(12-18-30-26)11-17-29-21-24-9-5-2-6-10-24/h1-10,23H,11-21H2. The van der Waals surface area contributed by atoms with Crippen LogP contribution in [0.4, 0.5) is 0 Å². The lowest BCUT2D eigenvalue weighted by Gasteiger charge is -2.46. The summed E-state index contributed by atoms with van der Waals surface area (Å²) in [5.41, 5.74) is 2.28. The van der Waals surface area contributed by atoms with E-state index in [4.69, 9.17) is 9.47 Å². The number of hydrogen-bond acceptors (Lipinski definition) is 3. The van der Waals surface area contributed by atoms with Crippen LogP contribution in [0.1, 0.15) is 43.2 Å². The Balaban J connectivity index is 1.20. The third kappa shape index (κ3) is 5.71. The molecule has 0 radical (unpaired) electrons. The molecule has 1 atom stereocenters. The summed E-state index contributed by atoms with van der Waals surface area (Å²) in [6.07, 6.45) is 5.71. The van der Waals surface area contributed by atoms with Crippen molar-refractivity contribution in [2.45, 2.75) is 50.7 Å². The van der Waals surface area contributed by atoms with Gasteiger partial charge in [0.1, 0.15) is 0 Å². The summed E-state index contributed by atoms with van der Waals surface area (Å²) in [5.74, 6) is 0.888. The smallest absolute Gasteiger partial charge is 0.226 e. The second-order valence-electron chi connectivity index (χ2n) is 8.76. The minimum absolute atomic E-state index is 0.0358. The Kier molecular flexibility index (Phi) is 7.19. The van der Waals surface area contributed by atoms with E-state index in [0.717, 1.165) is 64.0 Å². The minimum atomic E-state index is -0.0358. The molecule has 4 heteroatoms. The molecule has 1 unspecified atom stereocenters. The zero-order valence-corrected chi connectivity index (χ0v) is 17.8. The topological polar surface area (TPSA) is 38.8 Å². The summed E-state index contributed by atoms with van der Waals surface area (Å²) in [5, 5.41) is 0. The maximum Gasteiger partial charge on any atom is 0.226 e. The molecule has 0 bridgehead atoms. The van der Waals surface area contributed by atoms with Crippen LogP contribution in [0.2, 0.25) is 0 Å². The molecule has 2 fully saturated rings. The van der Waals surface area contributed by atoms with E-state index in [2.05, 4.69) is 24.3 Å². The Bertz CT molecular complexity index is 784. The highest BCUT2D eigenvalue weighted by atomic mass is 16.5. The van der Waals surface area contributed by atoms with Crippen LogP contribution in [-0.4, -0.2) is 42.7 Å². The molecular weight excluding hydrogens is 374 g/mol. The second kappa shape index (κ2) is 10.2. The number of carbonyl (C=O) groups excluding carboxylic acids is 1. The molecule has 0 N–H and O–H groups in total. The summed E-state index contributed by atoms with van der Waals surface area (Å²) >= 11 is 0. The molecular formula is C26H33NO3. The van der Waals surface area contributed by atoms with Crippen molar-refractivity contribution in [3.05, 3.63) is 71.8 Å². The van der Waals surface area contributed by atoms with Crippen molar-refractivity contribution in [2.24, 2.45) is 5.92 Å². The van der Waals surface area contributed by atoms with Gasteiger partial charge in [-0.05, 0) is 49.1 Å². The first-order valence-electron chi connectivity index (χ1n) is 11.3. The normalized spacial score (nSPS) is 20.9. The third-order valence-electron chi connectivity index (χ3n) is 6.60. The number of carbonyl (C=O) groups is 1. The van der Waals surface area contributed by atoms with Crippen LogP contribution in [0.15, 0.2) is 60.7 Å². The fourth-order valence-corrected chi connectivity index (χ4v) is 4.78. The first kappa shape index (κ1) is 21.1. The molecule has 0 aromatic heterocycles. The predicted molar refractivity (Wildman–Crippen MR) is 118 cm³/mol. The maximum absolute atomic E-state index is 12.7. The summed E-state index contributed by atoms with van der Waals surface area (Å²) in [6.45, 7) is 3.94. The molecule has 2 aliphatic heterocycles. The Morgan fingerprint density at radius 3 is 2.37 bits per heavy atom. The molecule has 2 aliphatic rings. The fourth-order valence-electron chi connectivity index (χ4n) is 4.78. The number of likely N-dealkylation sites (tertiary alicyclic amines) is 1. The summed E-state index contributed by atoms with van der Waals surface area (Å²) < 4.78 is 12.2. The molecule has 0 aliphatic carbocycles. The first-order chi connectivity index (χ1) is 14.7. The molecule has 30 heavy (non-hydrogen) atoms. The Labute approximate surface area is 180 Å². The van der Waals surface area contributed by atoms with Gasteiger partial charge in [-0.25, -0.2) is 0 Å². The average Bonchev–Trinajstić information content (AvgIpc) is 2.79. The van der Waals surface area contributed by atoms with Crippen molar-refractivity contribution in [2.75, 3.05) is 26.3 Å². The highest BCUT2D eigenvalue weighted by molar-refractivity contribution is 5.78. The highest BCUT2D eigenvalue weighted by Crippen LogP contribution is 2.38. The van der Waals surface area contributed by atoms with Crippen LogP contribution in [0.5, 0.6) is 0 Å². The molecule has 1 spiro atoms. The van der Waals surface area contributed by atoms with Gasteiger partial charge in [-0.3, -0.25) is 4.79 Å². The van der Waals surface area contributed by atoms with E-state index in [9.17, 15) is 4.79 Å². The molecule has 2 aromatic carbocycles. The molecule has 4 rings (SSSR count). The van der Waals surface area contributed by atoms with Crippen LogP contribution < -0.4 is 0 Å². The van der Waals surface area contributed by atoms with Crippen molar-refractivity contribution < 1.29 is 14.3 Å². The summed E-state index contributed by atoms with van der Waals surface area (Å²) in [6, 6.07) is 20.4. The van der Waals surface area contributed by atoms with Gasteiger partial charge in [0.15, 0.2) is 0 Å². The van der Waals surface area contributed by atoms with Gasteiger partial charge < -0.3 is 14.4 Å². The molecule has 160 valence electrons. The number of piperidine rings is 1. The monoisotopic (exact) mass is 407 g/mol. The van der Waals surface area contributed by atoms with E-state index in [0.29, 0.717) is 18.9 Å². The highest BCUT2D eigenvalue weighted by Gasteiger charge is 2.40. The lowest BCUT2D eigenvalue weighted by atomic mass is 9.78. The van der Waals surface area contributed by atoms with Gasteiger partial charge in [0.05, 0.1) is 18.6 Å². The third-order valence-corrected chi connectivity index (χ3v) is 6.60. The summed E-state index contributed by atoms with van der Waals surface area (Å²) in [4.78, 5) is 14.7. The molecule has 0 saturated carbocycles. The van der Waals surface area contributed by atoms with Gasteiger partial charge in [0.2, 0.25) is 5.91 Å². The largest absolute Gasteiger partial charge is 0.377 e. The van der Waals surface area contributed by atoms with Crippen LogP contribution in [0.3, 0.4) is 0 Å². The molecule has 2 heterocycles. The van der Waals surface area contributed by atoms with Gasteiger partial charge >= 0.3 is 0 Å². The van der Waals surface area contributed by atoms with Crippen molar-refractivity contribution in [3.63, 3.8) is 0 Å². The van der Waals surface area contributed by atoms with Crippen LogP contribution in [0.25, 0.3) is 0 Å². The van der Waals surface area contributed by atoms with Crippen LogP contribution >= 0.6 is 0 Å². The SMILES string of the molecule is O=C(Cc1ccccc1)N1CCC2(CC1)CC(CCOCc1ccccc1)CCO2. The van der Waals surface area contributed by atoms with E-state index >= 15 is 0 Å². The number of benzene rings is 2. The molecule has 2 aromatic rings. The van der Waals surface area contributed by atoms with E-state index < -0.39 is 0 Å². The first-order valence-corrected chi connectivity index (χ1v) is 11.3. The Morgan fingerprint density at radius 2 is 1.67 bits per heavy atom. The van der Waals surface area contributed by atoms with E-state index in [1.54, 1.807) is 0 Å². The predicted octanol–water partition coefficient (Wildman–Crippen LogP) is 4.62. The molecule has 1 amide bonds. The number of rotatable bonds is 7. The van der Waals surface area contributed by atoms with E-state index in [-0.39, 0.29) is 11.5 Å². The Morgan fingerprint density at radius 1 is 1.00 bits per heavy atom. The lowest BCUT2D eigenvalue weighted by molar-refractivity contribution is -0.147. The van der Waals surface area contributed by atoms with E-state index in [1.807, 2.05) is 41.3 Å². The lowest BCUT2D eigenvalue weighted by Crippen LogP contribution is -2.51. The molecule has 4 nitrogen and oxygen atoms in total. The van der Waals surface area contributed by atoms with Crippen LogP contribution in [-0.2, 0) is 27.3 Å². The van der Waals surface area contributed by atoms with Crippen molar-refractivity contribution in [3.8, 4) is 0 Å². The molecule has 2 saturated heterocycles. The van der Waals surface area contributed by atoms with Crippen molar-refractivity contribution in [1.29, 1.82) is 0 Å². The van der Waals surface area contributed by atoms with Gasteiger partial charge in [0, 0.05) is 26.3 Å². The average molecular weight is 408 g/mol. The minimum Gasteiger partial charge on any atom is -0.377 e. The van der Waals surface area contributed by atoms with Crippen molar-refractivity contribution in [1.82, 2.24) is 4.90 Å². The quantitative estimate of drug-likeness (QED) is 0.629. The maximum atomic E-state index is 12.7. The number of nitrogens with zero attached hydrogens (tertiary/aromatic N) is 1. The number of ether oxygens (including phenoxy) is 2. The van der Waals surface area contributed by atoms with Gasteiger partial charge in [-0.1, -0.05) is 60.7 Å². The zero-order valence-electron chi connectivity index (χ0n) is 17.8. The fraction of sp³-hybridized carbons (Fsp3) is 0.500. The zero-order chi connectivity index (χ0) is 20.7. The van der Waals surface area contributed by atoms with Crippen LogP contribution in [0, 0.1) is 5.92 Å².